The minimum absolute atomic E-state index is 0.387. The topological polar surface area (TPSA) is 137 Å². The van der Waals surface area contributed by atoms with Crippen LogP contribution >= 0.6 is 23.1 Å². The molecule has 0 unspecified atom stereocenters. The molecule has 5 heterocycles. The minimum atomic E-state index is -2.75. The molecule has 0 spiro atoms. The van der Waals surface area contributed by atoms with E-state index in [1.54, 1.807) is 31.2 Å². The van der Waals surface area contributed by atoms with Crippen molar-refractivity contribution in [3.05, 3.63) is 46.8 Å². The highest BCUT2D eigenvalue weighted by atomic mass is 79.9. The van der Waals surface area contributed by atoms with Crippen LogP contribution in [-0.2, 0) is 11.0 Å². The molecule has 2 aliphatic heterocycles. The van der Waals surface area contributed by atoms with Gasteiger partial charge >= 0.3 is 0 Å². The maximum atomic E-state index is 13.3. The van der Waals surface area contributed by atoms with Crippen LogP contribution in [0.4, 0.5) is 28.8 Å². The standard InChI is InChI=1S/C31H38BrN10O2P/c1-5-21-14-25(27(44-2)15-26(21)40-12-9-22(10-13-40)41-17-20(18-41)8-11-33)38-31-34-16-23(32)29(39-31)37-24-6-7-28-35-19-36-42(28)30(24)45(3,4)43/h6-7,14-16,19-20,22H,5,8-10,12-13,17-18H2,1-4H3,(H2,34,37,38,39). The average Bonchev–Trinajstić information content (AvgIpc) is 3.48. The number of halogens is 1. The normalized spacial score (nSPS) is 16.4. The van der Waals surface area contributed by atoms with E-state index >= 15 is 0 Å². The van der Waals surface area contributed by atoms with Crippen molar-refractivity contribution in [2.45, 2.75) is 38.6 Å². The predicted octanol–water partition coefficient (Wildman–Crippen LogP) is 5.40. The fourth-order valence-corrected chi connectivity index (χ4v) is 7.96. The third-order valence-corrected chi connectivity index (χ3v) is 10.7. The number of aryl methyl sites for hydroxylation is 1. The van der Waals surface area contributed by atoms with Crippen molar-refractivity contribution >= 4 is 63.0 Å². The number of nitrogens with one attached hydrogen (secondary N) is 2. The van der Waals surface area contributed by atoms with Gasteiger partial charge in [0.05, 0.1) is 29.0 Å². The molecule has 4 aromatic rings. The molecule has 1 aromatic carbocycles. The van der Waals surface area contributed by atoms with Gasteiger partial charge in [-0.25, -0.2) is 14.5 Å². The van der Waals surface area contributed by atoms with E-state index in [4.69, 9.17) is 15.0 Å². The van der Waals surface area contributed by atoms with Gasteiger partial charge in [0.25, 0.3) is 0 Å². The molecule has 12 nitrogen and oxygen atoms in total. The Labute approximate surface area is 271 Å². The molecule has 0 radical (unpaired) electrons. The smallest absolute Gasteiger partial charge is 0.229 e. The lowest BCUT2D eigenvalue weighted by Crippen LogP contribution is -2.55. The van der Waals surface area contributed by atoms with Crippen LogP contribution in [0.1, 0.15) is 31.7 Å². The van der Waals surface area contributed by atoms with Gasteiger partial charge in [-0.05, 0) is 78.2 Å². The van der Waals surface area contributed by atoms with Crippen molar-refractivity contribution in [1.29, 1.82) is 5.26 Å². The van der Waals surface area contributed by atoms with Gasteiger partial charge in [0.2, 0.25) is 5.95 Å². The van der Waals surface area contributed by atoms with E-state index in [2.05, 4.69) is 76.6 Å². The zero-order chi connectivity index (χ0) is 31.7. The molecule has 2 fully saturated rings. The number of hydrogen-bond acceptors (Lipinski definition) is 11. The predicted molar refractivity (Wildman–Crippen MR) is 181 cm³/mol. The third kappa shape index (κ3) is 6.50. The number of nitriles is 1. The molecule has 2 aliphatic rings. The molecule has 14 heteroatoms. The maximum absolute atomic E-state index is 13.3. The number of anilines is 5. The number of piperidine rings is 1. The summed E-state index contributed by atoms with van der Waals surface area (Å²) in [6.07, 6.45) is 6.89. The quantitative estimate of drug-likeness (QED) is 0.207. The van der Waals surface area contributed by atoms with Crippen LogP contribution in [0.25, 0.3) is 5.65 Å². The van der Waals surface area contributed by atoms with Gasteiger partial charge in [0.1, 0.15) is 30.5 Å². The third-order valence-electron chi connectivity index (χ3n) is 8.64. The first-order valence-electron chi connectivity index (χ1n) is 15.2. The Morgan fingerprint density at radius 3 is 2.60 bits per heavy atom. The number of benzene rings is 1. The van der Waals surface area contributed by atoms with Gasteiger partial charge in [0, 0.05) is 56.6 Å². The molecular formula is C31H38BrN10O2P. The van der Waals surface area contributed by atoms with Gasteiger partial charge in [-0.15, -0.1) is 0 Å². The monoisotopic (exact) mass is 692 g/mol. The summed E-state index contributed by atoms with van der Waals surface area (Å²) in [4.78, 5) is 18.5. The molecular weight excluding hydrogens is 655 g/mol. The molecule has 236 valence electrons. The second-order valence-corrected chi connectivity index (χ2v) is 16.0. The molecule has 0 saturated carbocycles. The van der Waals surface area contributed by atoms with Crippen molar-refractivity contribution in [2.75, 3.05) is 62.2 Å². The first-order valence-corrected chi connectivity index (χ1v) is 18.6. The van der Waals surface area contributed by atoms with E-state index in [0.29, 0.717) is 57.1 Å². The molecule has 0 atom stereocenters. The van der Waals surface area contributed by atoms with Gasteiger partial charge in [-0.2, -0.15) is 15.3 Å². The second-order valence-electron chi connectivity index (χ2n) is 12.0. The van der Waals surface area contributed by atoms with Crippen LogP contribution in [0, 0.1) is 17.2 Å². The highest BCUT2D eigenvalue weighted by Crippen LogP contribution is 2.40. The SMILES string of the molecule is CCc1cc(Nc2ncc(Br)c(Nc3ccc4ncnn4c3P(C)(C)=O)n2)c(OC)cc1N1CCC(N2CC(CC#N)C2)CC1. The van der Waals surface area contributed by atoms with Crippen LogP contribution in [0.2, 0.25) is 0 Å². The summed E-state index contributed by atoms with van der Waals surface area (Å²) in [7, 11) is -1.07. The summed E-state index contributed by atoms with van der Waals surface area (Å²) < 4.78 is 21.4. The van der Waals surface area contributed by atoms with Gasteiger partial charge in [-0.3, -0.25) is 4.90 Å². The Morgan fingerprint density at radius 2 is 1.91 bits per heavy atom. The molecule has 45 heavy (non-hydrogen) atoms. The first kappa shape index (κ1) is 31.3. The molecule has 0 amide bonds. The van der Waals surface area contributed by atoms with Crippen molar-refractivity contribution in [1.82, 2.24) is 29.5 Å². The Bertz CT molecular complexity index is 1790. The Hall–Kier alpha value is -3.72. The zero-order valence-electron chi connectivity index (χ0n) is 26.0. The lowest BCUT2D eigenvalue weighted by Gasteiger charge is -2.47. The second kappa shape index (κ2) is 12.9. The molecule has 2 saturated heterocycles. The molecule has 2 N–H and O–H groups in total. The van der Waals surface area contributed by atoms with Crippen LogP contribution in [0.3, 0.4) is 0 Å². The number of pyridine rings is 1. The summed E-state index contributed by atoms with van der Waals surface area (Å²) in [5.41, 5.74) is 5.00. The number of fused-ring (bicyclic) bond motifs is 1. The lowest BCUT2D eigenvalue weighted by atomic mass is 9.91. The van der Waals surface area contributed by atoms with Crippen LogP contribution in [0.15, 0.2) is 41.3 Å². The van der Waals surface area contributed by atoms with E-state index in [9.17, 15) is 4.57 Å². The number of nitrogens with zero attached hydrogens (tertiary/aromatic N) is 8. The van der Waals surface area contributed by atoms with Gasteiger partial charge in [-0.1, -0.05) is 6.92 Å². The van der Waals surface area contributed by atoms with Crippen LogP contribution < -0.4 is 25.7 Å². The van der Waals surface area contributed by atoms with E-state index in [1.165, 1.54) is 17.6 Å². The number of rotatable bonds is 10. The average molecular weight is 694 g/mol. The highest BCUT2D eigenvalue weighted by molar-refractivity contribution is 9.10. The van der Waals surface area contributed by atoms with E-state index in [1.807, 2.05) is 12.1 Å². The van der Waals surface area contributed by atoms with Crippen LogP contribution in [-0.4, -0.2) is 82.1 Å². The molecule has 0 bridgehead atoms. The molecule has 3 aromatic heterocycles. The number of likely N-dealkylation sites (tertiary alicyclic amines) is 1. The maximum Gasteiger partial charge on any atom is 0.229 e. The number of ether oxygens (including phenoxy) is 1. The summed E-state index contributed by atoms with van der Waals surface area (Å²) in [5, 5.41) is 20.0. The minimum Gasteiger partial charge on any atom is -0.494 e. The first-order chi connectivity index (χ1) is 21.7. The number of aromatic nitrogens is 5. The van der Waals surface area contributed by atoms with Crippen molar-refractivity contribution in [2.24, 2.45) is 5.92 Å². The lowest BCUT2D eigenvalue weighted by molar-refractivity contribution is 0.0435. The fraction of sp³-hybridized carbons (Fsp3) is 0.452. The van der Waals surface area contributed by atoms with Crippen molar-refractivity contribution < 1.29 is 9.30 Å². The summed E-state index contributed by atoms with van der Waals surface area (Å²) in [5.74, 6) is 2.15. The zero-order valence-corrected chi connectivity index (χ0v) is 28.5. The summed E-state index contributed by atoms with van der Waals surface area (Å²) in [6, 6.07) is 10.8. The van der Waals surface area contributed by atoms with Crippen molar-refractivity contribution in [3.8, 4) is 11.8 Å². The van der Waals surface area contributed by atoms with E-state index in [-0.39, 0.29) is 0 Å². The highest BCUT2D eigenvalue weighted by Gasteiger charge is 2.34. The Balaban J connectivity index is 1.21. The number of methoxy groups -OCH3 is 1. The summed E-state index contributed by atoms with van der Waals surface area (Å²) in [6.45, 7) is 9.67. The van der Waals surface area contributed by atoms with Gasteiger partial charge in [0.15, 0.2) is 5.65 Å². The molecule has 6 rings (SSSR count). The van der Waals surface area contributed by atoms with E-state index < -0.39 is 7.14 Å². The summed E-state index contributed by atoms with van der Waals surface area (Å²) >= 11 is 3.56. The largest absolute Gasteiger partial charge is 0.494 e. The number of hydrogen-bond donors (Lipinski definition) is 2. The Kier molecular flexibility index (Phi) is 9.00. The fourth-order valence-electron chi connectivity index (χ4n) is 6.35. The Morgan fingerprint density at radius 1 is 1.13 bits per heavy atom. The van der Waals surface area contributed by atoms with Crippen LogP contribution in [0.5, 0.6) is 5.75 Å². The molecule has 0 aliphatic carbocycles. The van der Waals surface area contributed by atoms with Gasteiger partial charge < -0.3 is 24.8 Å². The van der Waals surface area contributed by atoms with Crippen molar-refractivity contribution in [3.63, 3.8) is 0 Å². The van der Waals surface area contributed by atoms with E-state index in [0.717, 1.165) is 51.1 Å².